The average Bonchev–Trinajstić information content (AvgIpc) is 2.56. The molecule has 0 saturated heterocycles. The predicted molar refractivity (Wildman–Crippen MR) is 52.0 cm³/mol. The van der Waals surface area contributed by atoms with Crippen molar-refractivity contribution in [3.8, 4) is 0 Å². The van der Waals surface area contributed by atoms with E-state index in [9.17, 15) is 4.79 Å². The molecule has 0 N–H and O–H groups in total. The van der Waals surface area contributed by atoms with Crippen molar-refractivity contribution in [2.75, 3.05) is 13.2 Å². The van der Waals surface area contributed by atoms with E-state index in [4.69, 9.17) is 4.74 Å². The van der Waals surface area contributed by atoms with E-state index in [1.54, 1.807) is 0 Å². The lowest BCUT2D eigenvalue weighted by molar-refractivity contribution is -0.149. The van der Waals surface area contributed by atoms with E-state index < -0.39 is 5.41 Å². The van der Waals surface area contributed by atoms with E-state index in [0.29, 0.717) is 6.61 Å². The Labute approximate surface area is 79.2 Å². The van der Waals surface area contributed by atoms with Gasteiger partial charge in [-0.05, 0) is 33.6 Å². The number of aliphatic imine (C=N–C) groups is 1. The third kappa shape index (κ3) is 2.08. The van der Waals surface area contributed by atoms with Crippen LogP contribution >= 0.6 is 0 Å². The molecule has 0 saturated carbocycles. The van der Waals surface area contributed by atoms with Crippen LogP contribution in [0.4, 0.5) is 0 Å². The van der Waals surface area contributed by atoms with Gasteiger partial charge in [-0.3, -0.25) is 9.79 Å². The van der Waals surface area contributed by atoms with Gasteiger partial charge in [0, 0.05) is 12.3 Å². The van der Waals surface area contributed by atoms with Crippen molar-refractivity contribution < 1.29 is 9.53 Å². The zero-order chi connectivity index (χ0) is 9.90. The normalized spacial score (nSPS) is 17.0. The van der Waals surface area contributed by atoms with Gasteiger partial charge in [0.25, 0.3) is 0 Å². The maximum atomic E-state index is 11.5. The number of rotatable bonds is 3. The molecule has 74 valence electrons. The van der Waals surface area contributed by atoms with Crippen LogP contribution in [0.1, 0.15) is 33.6 Å². The molecule has 1 heterocycles. The van der Waals surface area contributed by atoms with Gasteiger partial charge in [-0.15, -0.1) is 0 Å². The van der Waals surface area contributed by atoms with Crippen LogP contribution in [0.25, 0.3) is 0 Å². The molecule has 0 unspecified atom stereocenters. The Bertz CT molecular complexity index is 231. The van der Waals surface area contributed by atoms with Gasteiger partial charge in [0.1, 0.15) is 5.41 Å². The van der Waals surface area contributed by atoms with Gasteiger partial charge in [-0.25, -0.2) is 0 Å². The van der Waals surface area contributed by atoms with E-state index >= 15 is 0 Å². The van der Waals surface area contributed by atoms with Crippen LogP contribution in [0.15, 0.2) is 4.99 Å². The summed E-state index contributed by atoms with van der Waals surface area (Å²) < 4.78 is 5.00. The van der Waals surface area contributed by atoms with Crippen molar-refractivity contribution >= 4 is 11.7 Å². The smallest absolute Gasteiger partial charge is 0.317 e. The zero-order valence-electron chi connectivity index (χ0n) is 8.59. The largest absolute Gasteiger partial charge is 0.465 e. The number of esters is 1. The third-order valence-corrected chi connectivity index (χ3v) is 2.38. The standard InChI is InChI=1S/C10H17NO2/c1-4-13-9(12)10(2,3)8-6-5-7-11-8/h4-7H2,1-3H3. The lowest BCUT2D eigenvalue weighted by Crippen LogP contribution is -2.34. The fraction of sp³-hybridized carbons (Fsp3) is 0.800. The van der Waals surface area contributed by atoms with Crippen LogP contribution in [0.2, 0.25) is 0 Å². The highest BCUT2D eigenvalue weighted by Gasteiger charge is 2.35. The van der Waals surface area contributed by atoms with Gasteiger partial charge >= 0.3 is 5.97 Å². The first-order valence-corrected chi connectivity index (χ1v) is 4.80. The predicted octanol–water partition coefficient (Wildman–Crippen LogP) is 1.81. The first kappa shape index (κ1) is 10.2. The van der Waals surface area contributed by atoms with E-state index in [-0.39, 0.29) is 5.97 Å². The molecular formula is C10H17NO2. The molecule has 3 heteroatoms. The summed E-state index contributed by atoms with van der Waals surface area (Å²) in [5.41, 5.74) is 0.470. The van der Waals surface area contributed by atoms with Gasteiger partial charge < -0.3 is 4.74 Å². The molecule has 1 rings (SSSR count). The summed E-state index contributed by atoms with van der Waals surface area (Å²) in [6.45, 7) is 6.89. The van der Waals surface area contributed by atoms with Crippen molar-refractivity contribution in [3.63, 3.8) is 0 Å². The summed E-state index contributed by atoms with van der Waals surface area (Å²) >= 11 is 0. The fourth-order valence-electron chi connectivity index (χ4n) is 1.48. The highest BCUT2D eigenvalue weighted by Crippen LogP contribution is 2.25. The molecule has 0 amide bonds. The highest BCUT2D eigenvalue weighted by atomic mass is 16.5. The fourth-order valence-corrected chi connectivity index (χ4v) is 1.48. The Kier molecular flexibility index (Phi) is 3.07. The molecule has 0 aromatic carbocycles. The Balaban J connectivity index is 2.68. The second-order valence-corrected chi connectivity index (χ2v) is 3.78. The minimum Gasteiger partial charge on any atom is -0.465 e. The second-order valence-electron chi connectivity index (χ2n) is 3.78. The zero-order valence-corrected chi connectivity index (χ0v) is 8.59. The minimum absolute atomic E-state index is 0.157. The first-order chi connectivity index (χ1) is 6.09. The lowest BCUT2D eigenvalue weighted by atomic mass is 9.86. The van der Waals surface area contributed by atoms with Gasteiger partial charge in [0.05, 0.1) is 6.61 Å². The molecule has 0 aliphatic carbocycles. The summed E-state index contributed by atoms with van der Waals surface area (Å²) in [5, 5.41) is 0. The van der Waals surface area contributed by atoms with Gasteiger partial charge in [0.2, 0.25) is 0 Å². The Morgan fingerprint density at radius 2 is 2.31 bits per heavy atom. The number of hydrogen-bond donors (Lipinski definition) is 0. The molecule has 0 fully saturated rings. The van der Waals surface area contributed by atoms with Crippen LogP contribution in [0, 0.1) is 5.41 Å². The molecule has 0 bridgehead atoms. The monoisotopic (exact) mass is 183 g/mol. The molecule has 1 aliphatic rings. The molecule has 0 radical (unpaired) electrons. The average molecular weight is 183 g/mol. The molecule has 13 heavy (non-hydrogen) atoms. The highest BCUT2D eigenvalue weighted by molar-refractivity contribution is 6.06. The van der Waals surface area contributed by atoms with E-state index in [1.807, 2.05) is 20.8 Å². The number of ether oxygens (including phenoxy) is 1. The Morgan fingerprint density at radius 1 is 1.62 bits per heavy atom. The first-order valence-electron chi connectivity index (χ1n) is 4.80. The van der Waals surface area contributed by atoms with Gasteiger partial charge in [0.15, 0.2) is 0 Å². The van der Waals surface area contributed by atoms with Crippen molar-refractivity contribution in [1.29, 1.82) is 0 Å². The van der Waals surface area contributed by atoms with E-state index in [1.165, 1.54) is 0 Å². The van der Waals surface area contributed by atoms with E-state index in [0.717, 1.165) is 25.1 Å². The lowest BCUT2D eigenvalue weighted by Gasteiger charge is -2.22. The van der Waals surface area contributed by atoms with Crippen LogP contribution in [-0.4, -0.2) is 24.8 Å². The van der Waals surface area contributed by atoms with Crippen LogP contribution in [0.3, 0.4) is 0 Å². The molecular weight excluding hydrogens is 166 g/mol. The summed E-state index contributed by atoms with van der Waals surface area (Å²) in [4.78, 5) is 15.9. The number of nitrogens with zero attached hydrogens (tertiary/aromatic N) is 1. The van der Waals surface area contributed by atoms with Crippen LogP contribution < -0.4 is 0 Å². The Hall–Kier alpha value is -0.860. The van der Waals surface area contributed by atoms with Crippen molar-refractivity contribution in [2.45, 2.75) is 33.6 Å². The van der Waals surface area contributed by atoms with Gasteiger partial charge in [-0.1, -0.05) is 0 Å². The van der Waals surface area contributed by atoms with Crippen LogP contribution in [0.5, 0.6) is 0 Å². The molecule has 1 aliphatic heterocycles. The summed E-state index contributed by atoms with van der Waals surface area (Å²) in [5.74, 6) is -0.157. The summed E-state index contributed by atoms with van der Waals surface area (Å²) in [6, 6.07) is 0. The van der Waals surface area contributed by atoms with Gasteiger partial charge in [-0.2, -0.15) is 0 Å². The summed E-state index contributed by atoms with van der Waals surface area (Å²) in [7, 11) is 0. The van der Waals surface area contributed by atoms with Crippen molar-refractivity contribution in [1.82, 2.24) is 0 Å². The second kappa shape index (κ2) is 3.90. The molecule has 0 spiro atoms. The van der Waals surface area contributed by atoms with Crippen LogP contribution in [-0.2, 0) is 9.53 Å². The maximum Gasteiger partial charge on any atom is 0.317 e. The molecule has 0 aromatic heterocycles. The Morgan fingerprint density at radius 3 is 2.77 bits per heavy atom. The maximum absolute atomic E-state index is 11.5. The van der Waals surface area contributed by atoms with Crippen molar-refractivity contribution in [2.24, 2.45) is 10.4 Å². The quantitative estimate of drug-likeness (QED) is 0.626. The number of carbonyl (C=O) groups excluding carboxylic acids is 1. The SMILES string of the molecule is CCOC(=O)C(C)(C)C1=NCCC1. The summed E-state index contributed by atoms with van der Waals surface area (Å²) in [6.07, 6.45) is 2.00. The molecule has 0 aromatic rings. The van der Waals surface area contributed by atoms with E-state index in [2.05, 4.69) is 4.99 Å². The van der Waals surface area contributed by atoms with Crippen molar-refractivity contribution in [3.05, 3.63) is 0 Å². The number of carbonyl (C=O) groups is 1. The minimum atomic E-state index is -0.521. The molecule has 3 nitrogen and oxygen atoms in total. The third-order valence-electron chi connectivity index (χ3n) is 2.38. The topological polar surface area (TPSA) is 38.7 Å². The molecule has 0 atom stereocenters. The number of hydrogen-bond acceptors (Lipinski definition) is 3.